The number of nitrogens with zero attached hydrogens (tertiary/aromatic N) is 1. The third-order valence-electron chi connectivity index (χ3n) is 2.94. The highest BCUT2D eigenvalue weighted by atomic mass is 32.1. The Morgan fingerprint density at radius 1 is 1.37 bits per heavy atom. The van der Waals surface area contributed by atoms with Crippen LogP contribution >= 0.6 is 11.3 Å². The number of thiazole rings is 1. The van der Waals surface area contributed by atoms with Crippen molar-refractivity contribution in [2.75, 3.05) is 6.54 Å². The maximum absolute atomic E-state index is 14.2. The highest BCUT2D eigenvalue weighted by Crippen LogP contribution is 2.30. The lowest BCUT2D eigenvalue weighted by molar-refractivity contribution is 0.502. The molecule has 0 bridgehead atoms. The number of aryl methyl sites for hydroxylation is 1. The molecule has 19 heavy (non-hydrogen) atoms. The van der Waals surface area contributed by atoms with Gasteiger partial charge in [-0.1, -0.05) is 13.0 Å². The summed E-state index contributed by atoms with van der Waals surface area (Å²) in [7, 11) is 0. The molecule has 1 N–H and O–H groups in total. The van der Waals surface area contributed by atoms with Gasteiger partial charge in [-0.15, -0.1) is 11.3 Å². The van der Waals surface area contributed by atoms with Crippen molar-refractivity contribution in [3.05, 3.63) is 51.5 Å². The number of rotatable bonds is 5. The molecule has 0 spiro atoms. The van der Waals surface area contributed by atoms with E-state index in [1.54, 1.807) is 18.6 Å². The summed E-state index contributed by atoms with van der Waals surface area (Å²) in [6.45, 7) is 4.34. The Bertz CT molecular complexity index is 541. The molecule has 0 saturated heterocycles. The molecule has 1 heterocycles. The first-order valence-electron chi connectivity index (χ1n) is 6.21. The largest absolute Gasteiger partial charge is 0.305 e. The van der Waals surface area contributed by atoms with E-state index in [0.717, 1.165) is 11.3 Å². The van der Waals surface area contributed by atoms with Gasteiger partial charge in [0.25, 0.3) is 0 Å². The van der Waals surface area contributed by atoms with Gasteiger partial charge in [-0.05, 0) is 31.5 Å². The molecule has 2 rings (SSSR count). The minimum atomic E-state index is -0.523. The minimum absolute atomic E-state index is 0.0812. The lowest BCUT2D eigenvalue weighted by atomic mass is 10.0. The van der Waals surface area contributed by atoms with E-state index in [4.69, 9.17) is 0 Å². The Labute approximate surface area is 115 Å². The molecule has 1 unspecified atom stereocenters. The molecule has 102 valence electrons. The van der Waals surface area contributed by atoms with E-state index in [-0.39, 0.29) is 5.56 Å². The molecule has 1 atom stereocenters. The topological polar surface area (TPSA) is 24.9 Å². The van der Waals surface area contributed by atoms with Crippen molar-refractivity contribution in [1.82, 2.24) is 10.3 Å². The van der Waals surface area contributed by atoms with E-state index >= 15 is 0 Å². The fraction of sp³-hybridized carbons (Fsp3) is 0.357. The molecule has 0 amide bonds. The Morgan fingerprint density at radius 3 is 2.79 bits per heavy atom. The van der Waals surface area contributed by atoms with Gasteiger partial charge in [-0.3, -0.25) is 4.98 Å². The van der Waals surface area contributed by atoms with Crippen LogP contribution in [0.25, 0.3) is 0 Å². The Kier molecular flexibility index (Phi) is 4.61. The van der Waals surface area contributed by atoms with Crippen LogP contribution in [0.15, 0.2) is 23.8 Å². The maximum atomic E-state index is 14.2. The zero-order valence-electron chi connectivity index (χ0n) is 10.9. The number of aromatic nitrogens is 1. The van der Waals surface area contributed by atoms with Crippen LogP contribution in [0.2, 0.25) is 0 Å². The lowest BCUT2D eigenvalue weighted by Crippen LogP contribution is -2.24. The third kappa shape index (κ3) is 2.98. The predicted molar refractivity (Wildman–Crippen MR) is 73.3 cm³/mol. The summed E-state index contributed by atoms with van der Waals surface area (Å²) in [5.74, 6) is -1.01. The van der Waals surface area contributed by atoms with Crippen LogP contribution in [0.5, 0.6) is 0 Å². The molecule has 0 saturated carbocycles. The fourth-order valence-electron chi connectivity index (χ4n) is 1.94. The summed E-state index contributed by atoms with van der Waals surface area (Å²) >= 11 is 1.39. The molecule has 2 aromatic rings. The van der Waals surface area contributed by atoms with Crippen molar-refractivity contribution in [3.63, 3.8) is 0 Å². The zero-order valence-corrected chi connectivity index (χ0v) is 11.7. The third-order valence-corrected chi connectivity index (χ3v) is 3.78. The van der Waals surface area contributed by atoms with Crippen molar-refractivity contribution >= 4 is 11.3 Å². The number of hydrogen-bond acceptors (Lipinski definition) is 3. The average molecular weight is 282 g/mol. The van der Waals surface area contributed by atoms with Crippen molar-refractivity contribution in [1.29, 1.82) is 0 Å². The van der Waals surface area contributed by atoms with Crippen LogP contribution in [0.4, 0.5) is 8.78 Å². The van der Waals surface area contributed by atoms with Crippen molar-refractivity contribution in [3.8, 4) is 0 Å². The Hall–Kier alpha value is -1.33. The van der Waals surface area contributed by atoms with E-state index < -0.39 is 17.7 Å². The van der Waals surface area contributed by atoms with Crippen LogP contribution in [0.1, 0.15) is 35.4 Å². The average Bonchev–Trinajstić information content (AvgIpc) is 2.92. The van der Waals surface area contributed by atoms with E-state index in [9.17, 15) is 8.78 Å². The normalized spacial score (nSPS) is 12.6. The first-order chi connectivity index (χ1) is 9.15. The molecule has 0 aliphatic rings. The molecule has 1 aromatic heterocycles. The number of nitrogens with one attached hydrogen (secondary N) is 1. The first kappa shape index (κ1) is 14.1. The van der Waals surface area contributed by atoms with Gasteiger partial charge < -0.3 is 5.32 Å². The molecule has 5 heteroatoms. The smallest absolute Gasteiger partial charge is 0.134 e. The van der Waals surface area contributed by atoms with Gasteiger partial charge in [0, 0.05) is 16.6 Å². The van der Waals surface area contributed by atoms with E-state index in [2.05, 4.69) is 10.3 Å². The van der Waals surface area contributed by atoms with E-state index in [1.165, 1.54) is 23.5 Å². The zero-order chi connectivity index (χ0) is 13.8. The fourth-order valence-corrected chi connectivity index (χ4v) is 2.65. The Balaban J connectivity index is 2.46. The molecule has 0 fully saturated rings. The van der Waals surface area contributed by atoms with Crippen LogP contribution < -0.4 is 5.32 Å². The second-order valence-corrected chi connectivity index (χ2v) is 5.30. The quantitative estimate of drug-likeness (QED) is 0.901. The second-order valence-electron chi connectivity index (χ2n) is 4.38. The van der Waals surface area contributed by atoms with Crippen molar-refractivity contribution in [2.45, 2.75) is 26.3 Å². The predicted octanol–water partition coefficient (Wildman–Crippen LogP) is 3.82. The number of benzene rings is 1. The summed E-state index contributed by atoms with van der Waals surface area (Å²) in [5, 5.41) is 3.19. The van der Waals surface area contributed by atoms with Crippen LogP contribution in [-0.4, -0.2) is 11.5 Å². The van der Waals surface area contributed by atoms with E-state index in [0.29, 0.717) is 12.1 Å². The van der Waals surface area contributed by atoms with Gasteiger partial charge in [0.1, 0.15) is 11.6 Å². The number of hydrogen-bond donors (Lipinski definition) is 1. The standard InChI is InChI=1S/C14H16F2N2S/c1-3-6-18-14(11-7-17-8-19-11)12-10(15)5-4-9(2)13(12)16/h4-5,7-8,14,18H,3,6H2,1-2H3. The molecule has 0 radical (unpaired) electrons. The highest BCUT2D eigenvalue weighted by Gasteiger charge is 2.23. The summed E-state index contributed by atoms with van der Waals surface area (Å²) in [4.78, 5) is 4.81. The molecule has 0 aliphatic heterocycles. The molecular formula is C14H16F2N2S. The van der Waals surface area contributed by atoms with Gasteiger partial charge in [-0.25, -0.2) is 8.78 Å². The number of halogens is 2. The van der Waals surface area contributed by atoms with Crippen LogP contribution in [-0.2, 0) is 0 Å². The monoisotopic (exact) mass is 282 g/mol. The minimum Gasteiger partial charge on any atom is -0.305 e. The molecule has 1 aromatic carbocycles. The highest BCUT2D eigenvalue weighted by molar-refractivity contribution is 7.09. The lowest BCUT2D eigenvalue weighted by Gasteiger charge is -2.19. The summed E-state index contributed by atoms with van der Waals surface area (Å²) in [6, 6.07) is 2.29. The van der Waals surface area contributed by atoms with Crippen molar-refractivity contribution in [2.24, 2.45) is 0 Å². The van der Waals surface area contributed by atoms with Gasteiger partial charge in [0.05, 0.1) is 11.6 Å². The van der Waals surface area contributed by atoms with Crippen LogP contribution in [0, 0.1) is 18.6 Å². The summed E-state index contributed by atoms with van der Waals surface area (Å²) in [6.07, 6.45) is 2.55. The van der Waals surface area contributed by atoms with E-state index in [1.807, 2.05) is 6.92 Å². The van der Waals surface area contributed by atoms with Crippen LogP contribution in [0.3, 0.4) is 0 Å². The summed E-state index contributed by atoms with van der Waals surface area (Å²) < 4.78 is 28.2. The van der Waals surface area contributed by atoms with Gasteiger partial charge in [0.2, 0.25) is 0 Å². The SMILES string of the molecule is CCCNC(c1cncs1)c1c(F)ccc(C)c1F. The molecular weight excluding hydrogens is 266 g/mol. The van der Waals surface area contributed by atoms with Crippen molar-refractivity contribution < 1.29 is 8.78 Å². The van der Waals surface area contributed by atoms with Gasteiger partial charge in [-0.2, -0.15) is 0 Å². The van der Waals surface area contributed by atoms with Gasteiger partial charge in [0.15, 0.2) is 0 Å². The van der Waals surface area contributed by atoms with Gasteiger partial charge >= 0.3 is 0 Å². The second kappa shape index (κ2) is 6.21. The first-order valence-corrected chi connectivity index (χ1v) is 7.09. The maximum Gasteiger partial charge on any atom is 0.134 e. The Morgan fingerprint density at radius 2 is 2.16 bits per heavy atom. The molecule has 0 aliphatic carbocycles. The molecule has 2 nitrogen and oxygen atoms in total. The summed E-state index contributed by atoms with van der Waals surface area (Å²) in [5.41, 5.74) is 2.20.